The van der Waals surface area contributed by atoms with Crippen molar-refractivity contribution in [2.75, 3.05) is 23.9 Å². The molecular formula is C16H17ClN2O2. The van der Waals surface area contributed by atoms with E-state index in [1.165, 1.54) is 4.90 Å². The number of fused-ring (bicyclic) bond motifs is 1. The summed E-state index contributed by atoms with van der Waals surface area (Å²) in [5, 5.41) is 0.683. The van der Waals surface area contributed by atoms with Crippen LogP contribution in [0.15, 0.2) is 35.4 Å². The molecule has 1 fully saturated rings. The lowest BCUT2D eigenvalue weighted by molar-refractivity contribution is -0.122. The maximum Gasteiger partial charge on any atom is 0.238 e. The maximum absolute atomic E-state index is 12.5. The molecule has 5 heteroatoms. The number of rotatable bonds is 2. The van der Waals surface area contributed by atoms with E-state index in [4.69, 9.17) is 11.6 Å². The second-order valence-corrected chi connectivity index (χ2v) is 6.21. The third-order valence-electron chi connectivity index (χ3n) is 4.19. The van der Waals surface area contributed by atoms with Gasteiger partial charge in [-0.3, -0.25) is 14.5 Å². The predicted octanol–water partition coefficient (Wildman–Crippen LogP) is 2.77. The lowest BCUT2D eigenvalue weighted by Gasteiger charge is -2.17. The molecule has 2 atom stereocenters. The average Bonchev–Trinajstić information content (AvgIpc) is 2.70. The summed E-state index contributed by atoms with van der Waals surface area (Å²) >= 11 is 6.02. The molecule has 1 aromatic carbocycles. The molecule has 2 aliphatic rings. The number of imide groups is 1. The van der Waals surface area contributed by atoms with Gasteiger partial charge in [-0.05, 0) is 37.1 Å². The first-order valence-corrected chi connectivity index (χ1v) is 7.36. The van der Waals surface area contributed by atoms with Crippen molar-refractivity contribution in [1.82, 2.24) is 0 Å². The number of hydrogen-bond donors (Lipinski definition) is 0. The third-order valence-corrected chi connectivity index (χ3v) is 4.50. The molecule has 3 rings (SSSR count). The van der Waals surface area contributed by atoms with Crippen LogP contribution in [0.25, 0.3) is 0 Å². The first kappa shape index (κ1) is 14.1. The van der Waals surface area contributed by atoms with E-state index in [9.17, 15) is 9.59 Å². The molecule has 2 unspecified atom stereocenters. The highest BCUT2D eigenvalue weighted by atomic mass is 35.5. The number of carbonyl (C=O) groups excluding carboxylic acids is 2. The van der Waals surface area contributed by atoms with Crippen LogP contribution in [0.3, 0.4) is 0 Å². The molecule has 0 spiro atoms. The monoisotopic (exact) mass is 304 g/mol. The number of amides is 2. The summed E-state index contributed by atoms with van der Waals surface area (Å²) in [4.78, 5) is 28.3. The highest BCUT2D eigenvalue weighted by molar-refractivity contribution is 6.30. The Morgan fingerprint density at radius 3 is 2.33 bits per heavy atom. The van der Waals surface area contributed by atoms with Gasteiger partial charge in [-0.25, -0.2) is 0 Å². The standard InChI is InChI=1S/C16H17ClN2O2/c1-18(2)11-4-6-12(7-5-11)19-15(20)13-8-3-10(17)9-14(13)16(19)21/h3-7,13-14H,8-9H2,1-2H3. The van der Waals surface area contributed by atoms with Crippen molar-refractivity contribution < 1.29 is 9.59 Å². The molecule has 4 nitrogen and oxygen atoms in total. The molecule has 1 aliphatic carbocycles. The Labute approximate surface area is 129 Å². The normalized spacial score (nSPS) is 24.9. The Hall–Kier alpha value is -1.81. The summed E-state index contributed by atoms with van der Waals surface area (Å²) < 4.78 is 0. The van der Waals surface area contributed by atoms with Crippen LogP contribution in [0.4, 0.5) is 11.4 Å². The van der Waals surface area contributed by atoms with E-state index in [0.29, 0.717) is 23.6 Å². The summed E-state index contributed by atoms with van der Waals surface area (Å²) in [6.45, 7) is 0. The van der Waals surface area contributed by atoms with Crippen LogP contribution < -0.4 is 9.80 Å². The quantitative estimate of drug-likeness (QED) is 0.789. The van der Waals surface area contributed by atoms with E-state index in [1.807, 2.05) is 49.3 Å². The second kappa shape index (κ2) is 5.19. The minimum absolute atomic E-state index is 0.108. The largest absolute Gasteiger partial charge is 0.378 e. The Bertz CT molecular complexity index is 622. The number of halogens is 1. The van der Waals surface area contributed by atoms with Crippen LogP contribution in [0.5, 0.6) is 0 Å². The fraction of sp³-hybridized carbons (Fsp3) is 0.375. The fourth-order valence-corrected chi connectivity index (χ4v) is 3.24. The number of hydrogen-bond acceptors (Lipinski definition) is 3. The zero-order valence-electron chi connectivity index (χ0n) is 12.0. The van der Waals surface area contributed by atoms with E-state index in [1.54, 1.807) is 0 Å². The summed E-state index contributed by atoms with van der Waals surface area (Å²) in [5.41, 5.74) is 1.67. The smallest absolute Gasteiger partial charge is 0.238 e. The Morgan fingerprint density at radius 2 is 1.71 bits per heavy atom. The second-order valence-electron chi connectivity index (χ2n) is 5.73. The van der Waals surface area contributed by atoms with E-state index in [-0.39, 0.29) is 23.7 Å². The molecule has 0 N–H and O–H groups in total. The van der Waals surface area contributed by atoms with Crippen molar-refractivity contribution in [3.05, 3.63) is 35.4 Å². The van der Waals surface area contributed by atoms with Crippen LogP contribution in [-0.4, -0.2) is 25.9 Å². The van der Waals surface area contributed by atoms with Gasteiger partial charge in [-0.2, -0.15) is 0 Å². The fourth-order valence-electron chi connectivity index (χ4n) is 2.98. The SMILES string of the molecule is CN(C)c1ccc(N2C(=O)C3CC=C(Cl)CC3C2=O)cc1. The molecule has 2 amide bonds. The maximum atomic E-state index is 12.5. The van der Waals surface area contributed by atoms with Crippen molar-refractivity contribution in [1.29, 1.82) is 0 Å². The highest BCUT2D eigenvalue weighted by Crippen LogP contribution is 2.40. The number of anilines is 2. The topological polar surface area (TPSA) is 40.6 Å². The molecule has 0 radical (unpaired) electrons. The number of carbonyl (C=O) groups is 2. The zero-order valence-corrected chi connectivity index (χ0v) is 12.8. The lowest BCUT2D eigenvalue weighted by Crippen LogP contribution is -2.30. The molecule has 1 saturated heterocycles. The third kappa shape index (κ3) is 2.33. The summed E-state index contributed by atoms with van der Waals surface area (Å²) in [6, 6.07) is 7.45. The molecule has 1 aliphatic heterocycles. The molecule has 0 aromatic heterocycles. The van der Waals surface area contributed by atoms with Crippen LogP contribution in [0, 0.1) is 11.8 Å². The van der Waals surface area contributed by atoms with Crippen LogP contribution >= 0.6 is 11.6 Å². The zero-order chi connectivity index (χ0) is 15.1. The number of nitrogens with zero attached hydrogens (tertiary/aromatic N) is 2. The van der Waals surface area contributed by atoms with Crippen molar-refractivity contribution in [3.8, 4) is 0 Å². The van der Waals surface area contributed by atoms with Crippen LogP contribution in [-0.2, 0) is 9.59 Å². The van der Waals surface area contributed by atoms with Crippen molar-refractivity contribution in [3.63, 3.8) is 0 Å². The van der Waals surface area contributed by atoms with Crippen molar-refractivity contribution in [2.45, 2.75) is 12.8 Å². The van der Waals surface area contributed by atoms with E-state index in [0.717, 1.165) is 5.69 Å². The van der Waals surface area contributed by atoms with Crippen LogP contribution in [0.1, 0.15) is 12.8 Å². The van der Waals surface area contributed by atoms with Gasteiger partial charge in [0.1, 0.15) is 0 Å². The summed E-state index contributed by atoms with van der Waals surface area (Å²) in [6.07, 6.45) is 2.88. The van der Waals surface area contributed by atoms with Gasteiger partial charge in [0.25, 0.3) is 0 Å². The van der Waals surface area contributed by atoms with Gasteiger partial charge in [-0.15, -0.1) is 0 Å². The van der Waals surface area contributed by atoms with Crippen LogP contribution in [0.2, 0.25) is 0 Å². The minimum Gasteiger partial charge on any atom is -0.378 e. The van der Waals surface area contributed by atoms with Crippen molar-refractivity contribution >= 4 is 34.8 Å². The van der Waals surface area contributed by atoms with Gasteiger partial charge in [0.2, 0.25) is 11.8 Å². The summed E-state index contributed by atoms with van der Waals surface area (Å²) in [5.74, 6) is -0.797. The van der Waals surface area contributed by atoms with Gasteiger partial charge in [0.15, 0.2) is 0 Å². The average molecular weight is 305 g/mol. The van der Waals surface area contributed by atoms with E-state index >= 15 is 0 Å². The minimum atomic E-state index is -0.302. The first-order valence-electron chi connectivity index (χ1n) is 6.99. The van der Waals surface area contributed by atoms with Gasteiger partial charge in [0, 0.05) is 24.8 Å². The predicted molar refractivity (Wildman–Crippen MR) is 83.4 cm³/mol. The Kier molecular flexibility index (Phi) is 3.49. The van der Waals surface area contributed by atoms with E-state index in [2.05, 4.69) is 0 Å². The molecule has 1 heterocycles. The molecular weight excluding hydrogens is 288 g/mol. The van der Waals surface area contributed by atoms with Gasteiger partial charge in [0.05, 0.1) is 17.5 Å². The Balaban J connectivity index is 1.90. The molecule has 21 heavy (non-hydrogen) atoms. The number of benzene rings is 1. The van der Waals surface area contributed by atoms with Crippen molar-refractivity contribution in [2.24, 2.45) is 11.8 Å². The molecule has 1 aromatic rings. The van der Waals surface area contributed by atoms with Gasteiger partial charge < -0.3 is 4.90 Å². The lowest BCUT2D eigenvalue weighted by atomic mass is 9.85. The summed E-state index contributed by atoms with van der Waals surface area (Å²) in [7, 11) is 3.90. The molecule has 110 valence electrons. The number of allylic oxidation sites excluding steroid dienone is 2. The molecule has 0 saturated carbocycles. The van der Waals surface area contributed by atoms with Gasteiger partial charge in [-0.1, -0.05) is 17.7 Å². The van der Waals surface area contributed by atoms with E-state index < -0.39 is 0 Å². The molecule has 0 bridgehead atoms. The highest BCUT2D eigenvalue weighted by Gasteiger charge is 2.48. The Morgan fingerprint density at radius 1 is 1.10 bits per heavy atom. The first-order chi connectivity index (χ1) is 9.99. The van der Waals surface area contributed by atoms with Gasteiger partial charge >= 0.3 is 0 Å².